The zero-order chi connectivity index (χ0) is 20.2. The van der Waals surface area contributed by atoms with Crippen molar-refractivity contribution in [1.29, 1.82) is 0 Å². The fourth-order valence-electron chi connectivity index (χ4n) is 2.76. The molecule has 0 radical (unpaired) electrons. The molecule has 0 bridgehead atoms. The first kappa shape index (κ1) is 21.9. The average molecular weight is 384 g/mol. The normalized spacial score (nSPS) is 13.2. The van der Waals surface area contributed by atoms with Crippen LogP contribution in [0.15, 0.2) is 65.7 Å². The summed E-state index contributed by atoms with van der Waals surface area (Å²) in [7, 11) is 0. The highest BCUT2D eigenvalue weighted by Gasteiger charge is 2.20. The smallest absolute Gasteiger partial charge is 0.191 e. The van der Waals surface area contributed by atoms with Gasteiger partial charge in [-0.05, 0) is 18.1 Å². The summed E-state index contributed by atoms with van der Waals surface area (Å²) in [6, 6.07) is 20.3. The maximum Gasteiger partial charge on any atom is 0.191 e. The molecule has 0 heterocycles. The Morgan fingerprint density at radius 1 is 1.04 bits per heavy atom. The number of aliphatic hydroxyl groups is 1. The average Bonchev–Trinajstić information content (AvgIpc) is 2.71. The van der Waals surface area contributed by atoms with Crippen LogP contribution < -0.4 is 10.6 Å². The van der Waals surface area contributed by atoms with Gasteiger partial charge in [0.2, 0.25) is 0 Å². The first-order valence-corrected chi connectivity index (χ1v) is 9.88. The van der Waals surface area contributed by atoms with Gasteiger partial charge in [-0.2, -0.15) is 0 Å². The lowest BCUT2D eigenvalue weighted by molar-refractivity contribution is 0.0308. The number of hydrogen-bond donors (Lipinski definition) is 3. The molecule has 0 aliphatic carbocycles. The summed E-state index contributed by atoms with van der Waals surface area (Å²) in [4.78, 5) is 4.70. The lowest BCUT2D eigenvalue weighted by Crippen LogP contribution is -2.43. The Labute approximate surface area is 168 Å². The third-order valence-electron chi connectivity index (χ3n) is 4.46. The predicted molar refractivity (Wildman–Crippen MR) is 116 cm³/mol. The van der Waals surface area contributed by atoms with Crippen molar-refractivity contribution in [1.82, 2.24) is 10.6 Å². The van der Waals surface area contributed by atoms with Gasteiger partial charge in [0.15, 0.2) is 5.96 Å². The van der Waals surface area contributed by atoms with Crippen LogP contribution in [0.5, 0.6) is 0 Å². The van der Waals surface area contributed by atoms with E-state index in [-0.39, 0.29) is 12.0 Å². The quantitative estimate of drug-likeness (QED) is 0.436. The van der Waals surface area contributed by atoms with Gasteiger partial charge in [0.25, 0.3) is 0 Å². The predicted octanol–water partition coefficient (Wildman–Crippen LogP) is 3.10. The molecule has 0 spiro atoms. The summed E-state index contributed by atoms with van der Waals surface area (Å²) in [5.41, 5.74) is 2.28. The molecule has 0 aromatic heterocycles. The number of nitrogens with zero attached hydrogens (tertiary/aromatic N) is 1. The molecule has 2 rings (SSSR count). The number of hydrogen-bond acceptors (Lipinski definition) is 3. The van der Waals surface area contributed by atoms with Gasteiger partial charge in [-0.3, -0.25) is 4.99 Å². The Kier molecular flexibility index (Phi) is 8.98. The molecule has 3 N–H and O–H groups in total. The van der Waals surface area contributed by atoms with Gasteiger partial charge in [0, 0.05) is 18.5 Å². The summed E-state index contributed by atoms with van der Waals surface area (Å²) in [5, 5.41) is 16.6. The molecule has 5 heteroatoms. The largest absolute Gasteiger partial charge is 0.389 e. The number of guanidine groups is 1. The van der Waals surface area contributed by atoms with Gasteiger partial charge in [0.1, 0.15) is 0 Å². The van der Waals surface area contributed by atoms with Crippen molar-refractivity contribution in [3.05, 3.63) is 71.8 Å². The molecule has 0 saturated heterocycles. The van der Waals surface area contributed by atoms with Crippen LogP contribution in [0.25, 0.3) is 0 Å². The molecule has 0 saturated carbocycles. The molecule has 1 atom stereocenters. The van der Waals surface area contributed by atoms with Crippen LogP contribution in [-0.4, -0.2) is 43.4 Å². The first-order chi connectivity index (χ1) is 13.5. The van der Waals surface area contributed by atoms with Crippen molar-refractivity contribution in [2.24, 2.45) is 4.99 Å². The van der Waals surface area contributed by atoms with Gasteiger partial charge in [-0.25, -0.2) is 0 Å². The summed E-state index contributed by atoms with van der Waals surface area (Å²) < 4.78 is 5.60. The second-order valence-electron chi connectivity index (χ2n) is 7.48. The van der Waals surface area contributed by atoms with Crippen molar-refractivity contribution in [3.8, 4) is 0 Å². The zero-order valence-corrected chi connectivity index (χ0v) is 17.2. The Bertz CT molecular complexity index is 702. The molecule has 0 amide bonds. The number of aliphatic imine (C=N–C) groups is 1. The van der Waals surface area contributed by atoms with E-state index in [0.717, 1.165) is 12.1 Å². The van der Waals surface area contributed by atoms with E-state index in [1.807, 2.05) is 43.3 Å². The lowest BCUT2D eigenvalue weighted by Gasteiger charge is -2.24. The van der Waals surface area contributed by atoms with E-state index >= 15 is 0 Å². The molecule has 28 heavy (non-hydrogen) atoms. The second kappa shape index (κ2) is 11.5. The number of nitrogens with one attached hydrogen (secondary N) is 2. The Balaban J connectivity index is 1.80. The van der Waals surface area contributed by atoms with Crippen molar-refractivity contribution in [3.63, 3.8) is 0 Å². The van der Waals surface area contributed by atoms with Gasteiger partial charge in [0.05, 0.1) is 25.9 Å². The van der Waals surface area contributed by atoms with E-state index in [4.69, 9.17) is 9.73 Å². The molecule has 0 aliphatic rings. The minimum absolute atomic E-state index is 0.0684. The van der Waals surface area contributed by atoms with Gasteiger partial charge in [-0.1, -0.05) is 74.5 Å². The topological polar surface area (TPSA) is 65.9 Å². The fourth-order valence-corrected chi connectivity index (χ4v) is 2.76. The Morgan fingerprint density at radius 2 is 1.68 bits per heavy atom. The minimum atomic E-state index is -0.602. The van der Waals surface area contributed by atoms with Crippen LogP contribution in [0, 0.1) is 0 Å². The molecule has 152 valence electrons. The number of rotatable bonds is 10. The van der Waals surface area contributed by atoms with Gasteiger partial charge >= 0.3 is 0 Å². The molecule has 2 aromatic rings. The van der Waals surface area contributed by atoms with Crippen molar-refractivity contribution < 1.29 is 9.84 Å². The van der Waals surface area contributed by atoms with Crippen molar-refractivity contribution in [2.75, 3.05) is 26.2 Å². The highest BCUT2D eigenvalue weighted by Crippen LogP contribution is 2.22. The SMILES string of the molecule is CCNC(=NCC(C)(C)c1ccccc1)NCC(O)COCc1ccccc1. The third-order valence-corrected chi connectivity index (χ3v) is 4.46. The van der Waals surface area contributed by atoms with E-state index < -0.39 is 6.10 Å². The first-order valence-electron chi connectivity index (χ1n) is 9.88. The van der Waals surface area contributed by atoms with Crippen LogP contribution in [0.1, 0.15) is 31.9 Å². The lowest BCUT2D eigenvalue weighted by atomic mass is 9.85. The van der Waals surface area contributed by atoms with E-state index in [0.29, 0.717) is 25.7 Å². The number of aliphatic hydroxyl groups excluding tert-OH is 1. The molecule has 5 nitrogen and oxygen atoms in total. The van der Waals surface area contributed by atoms with Gasteiger partial charge < -0.3 is 20.5 Å². The van der Waals surface area contributed by atoms with Crippen LogP contribution >= 0.6 is 0 Å². The highest BCUT2D eigenvalue weighted by molar-refractivity contribution is 5.79. The summed E-state index contributed by atoms with van der Waals surface area (Å²) >= 11 is 0. The second-order valence-corrected chi connectivity index (χ2v) is 7.48. The minimum Gasteiger partial charge on any atom is -0.389 e. The standard InChI is InChI=1S/C23H33N3O2/c1-4-24-22(26-18-23(2,3)20-13-9-6-10-14-20)25-15-21(27)17-28-16-19-11-7-5-8-12-19/h5-14,21,27H,4,15-18H2,1-3H3,(H2,24,25,26). The molecule has 2 aromatic carbocycles. The maximum absolute atomic E-state index is 10.2. The van der Waals surface area contributed by atoms with E-state index in [2.05, 4.69) is 48.7 Å². The van der Waals surface area contributed by atoms with E-state index in [9.17, 15) is 5.11 Å². The third kappa shape index (κ3) is 7.71. The van der Waals surface area contributed by atoms with Crippen molar-refractivity contribution in [2.45, 2.75) is 38.9 Å². The monoisotopic (exact) mass is 383 g/mol. The maximum atomic E-state index is 10.2. The van der Waals surface area contributed by atoms with Gasteiger partial charge in [-0.15, -0.1) is 0 Å². The van der Waals surface area contributed by atoms with Crippen LogP contribution in [0.4, 0.5) is 0 Å². The Morgan fingerprint density at radius 3 is 2.32 bits per heavy atom. The number of ether oxygens (including phenoxy) is 1. The van der Waals surface area contributed by atoms with Crippen molar-refractivity contribution >= 4 is 5.96 Å². The number of benzene rings is 2. The fraction of sp³-hybridized carbons (Fsp3) is 0.435. The highest BCUT2D eigenvalue weighted by atomic mass is 16.5. The summed E-state index contributed by atoms with van der Waals surface area (Å²) in [5.74, 6) is 0.702. The van der Waals surface area contributed by atoms with Crippen LogP contribution in [-0.2, 0) is 16.8 Å². The molecule has 1 unspecified atom stereocenters. The molecular formula is C23H33N3O2. The molecule has 0 aliphatic heterocycles. The zero-order valence-electron chi connectivity index (χ0n) is 17.2. The van der Waals surface area contributed by atoms with Crippen LogP contribution in [0.2, 0.25) is 0 Å². The van der Waals surface area contributed by atoms with E-state index in [1.54, 1.807) is 0 Å². The molecule has 0 fully saturated rings. The Hall–Kier alpha value is -2.37. The summed E-state index contributed by atoms with van der Waals surface area (Å²) in [6.07, 6.45) is -0.602. The van der Waals surface area contributed by atoms with E-state index in [1.165, 1.54) is 5.56 Å². The molecular weight excluding hydrogens is 350 g/mol. The van der Waals surface area contributed by atoms with Crippen LogP contribution in [0.3, 0.4) is 0 Å². The summed E-state index contributed by atoms with van der Waals surface area (Å²) in [6.45, 7) is 8.95.